The molecule has 0 aliphatic carbocycles. The lowest BCUT2D eigenvalue weighted by Gasteiger charge is -2.32. The van der Waals surface area contributed by atoms with E-state index in [4.69, 9.17) is 4.74 Å². The van der Waals surface area contributed by atoms with Crippen LogP contribution in [0.1, 0.15) is 36.6 Å². The van der Waals surface area contributed by atoms with Crippen molar-refractivity contribution in [3.63, 3.8) is 0 Å². The molecule has 1 amide bonds. The highest BCUT2D eigenvalue weighted by molar-refractivity contribution is 9.10. The summed E-state index contributed by atoms with van der Waals surface area (Å²) in [4.78, 5) is 18.3. The summed E-state index contributed by atoms with van der Waals surface area (Å²) >= 11 is 4.94. The van der Waals surface area contributed by atoms with Crippen molar-refractivity contribution in [2.45, 2.75) is 42.2 Å². The zero-order chi connectivity index (χ0) is 20.3. The van der Waals surface area contributed by atoms with Crippen LogP contribution in [-0.4, -0.2) is 39.5 Å². The molecular formula is C20H20BrN3O3S. The summed E-state index contributed by atoms with van der Waals surface area (Å²) in [5.74, 6) is 0. The van der Waals surface area contributed by atoms with Crippen LogP contribution in [0, 0.1) is 11.3 Å². The van der Waals surface area contributed by atoms with Crippen molar-refractivity contribution in [1.82, 2.24) is 9.88 Å². The molecule has 1 aliphatic rings. The van der Waals surface area contributed by atoms with Crippen LogP contribution in [0.4, 0.5) is 4.79 Å². The van der Waals surface area contributed by atoms with Crippen molar-refractivity contribution < 1.29 is 14.6 Å². The standard InChI is InChI=1S/C20H20BrN3O3S/c1-20(2)24(19(25)26)16(12-27-20)9-18(13-4-3-7-23-11-13)28-17-6-5-15(21)8-14(17)10-22/h3-8,11,16,18H,9,12H2,1-2H3,(H,25,26)/t16-,18+/m0/s1. The van der Waals surface area contributed by atoms with E-state index in [1.54, 1.807) is 44.1 Å². The third kappa shape index (κ3) is 4.49. The van der Waals surface area contributed by atoms with Crippen molar-refractivity contribution in [3.8, 4) is 6.07 Å². The predicted octanol–water partition coefficient (Wildman–Crippen LogP) is 5.05. The van der Waals surface area contributed by atoms with E-state index >= 15 is 0 Å². The first-order valence-corrected chi connectivity index (χ1v) is 10.4. The number of halogens is 1. The summed E-state index contributed by atoms with van der Waals surface area (Å²) in [5.41, 5.74) is 0.691. The number of benzene rings is 1. The summed E-state index contributed by atoms with van der Waals surface area (Å²) in [6.07, 6.45) is 3.04. The molecule has 1 saturated heterocycles. The van der Waals surface area contributed by atoms with E-state index in [1.165, 1.54) is 4.90 Å². The molecule has 6 nitrogen and oxygen atoms in total. The second-order valence-corrected chi connectivity index (χ2v) is 9.11. The number of aromatic nitrogens is 1. The highest BCUT2D eigenvalue weighted by Crippen LogP contribution is 2.43. The van der Waals surface area contributed by atoms with Crippen molar-refractivity contribution >= 4 is 33.8 Å². The first kappa shape index (κ1) is 20.6. The smallest absolute Gasteiger partial charge is 0.409 e. The van der Waals surface area contributed by atoms with Crippen molar-refractivity contribution in [3.05, 3.63) is 58.3 Å². The van der Waals surface area contributed by atoms with Crippen LogP contribution < -0.4 is 0 Å². The molecule has 0 bridgehead atoms. The van der Waals surface area contributed by atoms with Gasteiger partial charge >= 0.3 is 6.09 Å². The van der Waals surface area contributed by atoms with Gasteiger partial charge in [0.15, 0.2) is 0 Å². The van der Waals surface area contributed by atoms with Gasteiger partial charge < -0.3 is 9.84 Å². The number of nitrogens with zero attached hydrogens (tertiary/aromatic N) is 3. The van der Waals surface area contributed by atoms with E-state index in [1.807, 2.05) is 24.3 Å². The van der Waals surface area contributed by atoms with E-state index in [-0.39, 0.29) is 11.3 Å². The molecule has 1 fully saturated rings. The fourth-order valence-electron chi connectivity index (χ4n) is 3.36. The molecule has 1 aromatic heterocycles. The molecule has 1 N–H and O–H groups in total. The Kier molecular flexibility index (Phi) is 6.28. The second kappa shape index (κ2) is 8.52. The van der Waals surface area contributed by atoms with E-state index < -0.39 is 11.8 Å². The zero-order valence-corrected chi connectivity index (χ0v) is 17.9. The molecule has 2 atom stereocenters. The van der Waals surface area contributed by atoms with E-state index in [0.717, 1.165) is 14.9 Å². The molecule has 1 aromatic carbocycles. The van der Waals surface area contributed by atoms with Crippen LogP contribution in [0.3, 0.4) is 0 Å². The number of rotatable bonds is 5. The Morgan fingerprint density at radius 3 is 2.96 bits per heavy atom. The Morgan fingerprint density at radius 1 is 1.54 bits per heavy atom. The molecule has 28 heavy (non-hydrogen) atoms. The lowest BCUT2D eigenvalue weighted by molar-refractivity contribution is -0.0421. The third-order valence-corrected chi connectivity index (χ3v) is 6.51. The van der Waals surface area contributed by atoms with E-state index in [0.29, 0.717) is 18.6 Å². The number of ether oxygens (including phenoxy) is 1. The Bertz CT molecular complexity index is 901. The molecular weight excluding hydrogens is 442 g/mol. The summed E-state index contributed by atoms with van der Waals surface area (Å²) in [7, 11) is 0. The maximum Gasteiger partial charge on any atom is 0.409 e. The number of pyridine rings is 1. The predicted molar refractivity (Wildman–Crippen MR) is 110 cm³/mol. The SMILES string of the molecule is CC1(C)OC[C@H](C[C@@H](Sc2ccc(Br)cc2C#N)c2cccnc2)N1C(=O)O. The topological polar surface area (TPSA) is 86.5 Å². The van der Waals surface area contributed by atoms with Crippen LogP contribution in [0.25, 0.3) is 0 Å². The highest BCUT2D eigenvalue weighted by atomic mass is 79.9. The molecule has 146 valence electrons. The van der Waals surface area contributed by atoms with Gasteiger partial charge in [-0.1, -0.05) is 22.0 Å². The quantitative estimate of drug-likeness (QED) is 0.626. The average molecular weight is 462 g/mol. The van der Waals surface area contributed by atoms with Crippen LogP contribution >= 0.6 is 27.7 Å². The molecule has 8 heteroatoms. The Labute approximate surface area is 176 Å². The van der Waals surface area contributed by atoms with Crippen molar-refractivity contribution in [2.24, 2.45) is 0 Å². The van der Waals surface area contributed by atoms with Crippen LogP contribution in [0.15, 0.2) is 52.1 Å². The molecule has 3 rings (SSSR count). The van der Waals surface area contributed by atoms with Gasteiger partial charge in [-0.2, -0.15) is 5.26 Å². The normalized spacial score (nSPS) is 19.2. The van der Waals surface area contributed by atoms with Crippen molar-refractivity contribution in [2.75, 3.05) is 6.61 Å². The number of nitriles is 1. The van der Waals surface area contributed by atoms with Gasteiger partial charge in [0.05, 0.1) is 18.2 Å². The minimum absolute atomic E-state index is 0.0775. The number of thioether (sulfide) groups is 1. The van der Waals surface area contributed by atoms with Gasteiger partial charge in [0, 0.05) is 27.0 Å². The van der Waals surface area contributed by atoms with Crippen LogP contribution in [-0.2, 0) is 4.74 Å². The lowest BCUT2D eigenvalue weighted by atomic mass is 10.1. The number of carboxylic acid groups (broad SMARTS) is 1. The molecule has 0 spiro atoms. The Morgan fingerprint density at radius 2 is 2.32 bits per heavy atom. The fraction of sp³-hybridized carbons (Fsp3) is 0.350. The van der Waals surface area contributed by atoms with Gasteiger partial charge in [-0.3, -0.25) is 9.88 Å². The van der Waals surface area contributed by atoms with Crippen molar-refractivity contribution in [1.29, 1.82) is 5.26 Å². The van der Waals surface area contributed by atoms with E-state index in [2.05, 4.69) is 27.0 Å². The van der Waals surface area contributed by atoms with Gasteiger partial charge in [0.2, 0.25) is 0 Å². The second-order valence-electron chi connectivity index (χ2n) is 6.94. The molecule has 2 aromatic rings. The monoisotopic (exact) mass is 461 g/mol. The summed E-state index contributed by atoms with van der Waals surface area (Å²) in [5, 5.41) is 19.1. The van der Waals surface area contributed by atoms with Crippen LogP contribution in [0.5, 0.6) is 0 Å². The summed E-state index contributed by atoms with van der Waals surface area (Å²) in [6.45, 7) is 3.85. The van der Waals surface area contributed by atoms with Gasteiger partial charge in [-0.15, -0.1) is 11.8 Å². The Hall–Kier alpha value is -2.08. The summed E-state index contributed by atoms with van der Waals surface area (Å²) < 4.78 is 6.58. The highest BCUT2D eigenvalue weighted by Gasteiger charge is 2.44. The molecule has 0 saturated carbocycles. The number of hydrogen-bond acceptors (Lipinski definition) is 5. The molecule has 0 radical (unpaired) electrons. The van der Waals surface area contributed by atoms with Gasteiger partial charge in [0.1, 0.15) is 11.8 Å². The summed E-state index contributed by atoms with van der Waals surface area (Å²) in [6, 6.07) is 11.4. The number of amides is 1. The number of hydrogen-bond donors (Lipinski definition) is 1. The maximum absolute atomic E-state index is 11.8. The van der Waals surface area contributed by atoms with Crippen LogP contribution in [0.2, 0.25) is 0 Å². The molecule has 1 aliphatic heterocycles. The maximum atomic E-state index is 11.8. The van der Waals surface area contributed by atoms with Gasteiger partial charge in [-0.25, -0.2) is 4.79 Å². The lowest BCUT2D eigenvalue weighted by Crippen LogP contribution is -2.47. The largest absolute Gasteiger partial charge is 0.465 e. The zero-order valence-electron chi connectivity index (χ0n) is 15.5. The fourth-order valence-corrected chi connectivity index (χ4v) is 4.99. The first-order valence-electron chi connectivity index (χ1n) is 8.74. The minimum Gasteiger partial charge on any atom is -0.465 e. The van der Waals surface area contributed by atoms with Gasteiger partial charge in [0.25, 0.3) is 0 Å². The minimum atomic E-state index is -0.996. The van der Waals surface area contributed by atoms with E-state index in [9.17, 15) is 15.2 Å². The molecule has 0 unspecified atom stereocenters. The Balaban J connectivity index is 1.91. The van der Waals surface area contributed by atoms with Gasteiger partial charge in [-0.05, 0) is 50.1 Å². The molecule has 2 heterocycles. The number of carbonyl (C=O) groups is 1. The first-order chi connectivity index (χ1) is 13.3. The average Bonchev–Trinajstić information content (AvgIpc) is 2.97. The third-order valence-electron chi connectivity index (χ3n) is 4.65.